The predicted octanol–water partition coefficient (Wildman–Crippen LogP) is 0.944. The Morgan fingerprint density at radius 3 is 3.05 bits per heavy atom. The Balaban J connectivity index is 1.98. The van der Waals surface area contributed by atoms with Gasteiger partial charge in [0, 0.05) is 18.8 Å². The minimum atomic E-state index is -0.0769. The highest BCUT2D eigenvalue weighted by Crippen LogP contribution is 2.19. The fourth-order valence-corrected chi connectivity index (χ4v) is 1.98. The van der Waals surface area contributed by atoms with E-state index >= 15 is 0 Å². The summed E-state index contributed by atoms with van der Waals surface area (Å²) in [5.74, 6) is -0.0769. The molecule has 1 amide bonds. The van der Waals surface area contributed by atoms with Crippen LogP contribution in [-0.2, 0) is 11.3 Å². The number of rotatable bonds is 3. The van der Waals surface area contributed by atoms with Crippen molar-refractivity contribution in [1.82, 2.24) is 24.7 Å². The van der Waals surface area contributed by atoms with Gasteiger partial charge in [-0.05, 0) is 18.2 Å². The number of likely N-dealkylation sites (N-methyl/N-ethyl adjacent to an activating group) is 1. The van der Waals surface area contributed by atoms with Crippen LogP contribution in [0.2, 0.25) is 0 Å². The Labute approximate surface area is 109 Å². The van der Waals surface area contributed by atoms with Gasteiger partial charge < -0.3 is 5.32 Å². The topological polar surface area (TPSA) is 64.2 Å². The van der Waals surface area contributed by atoms with Crippen molar-refractivity contribution in [2.24, 2.45) is 0 Å². The average molecular weight is 255 g/mol. The van der Waals surface area contributed by atoms with Gasteiger partial charge in [0.25, 0.3) is 0 Å². The molecule has 96 valence electrons. The van der Waals surface area contributed by atoms with Crippen LogP contribution in [0.4, 0.5) is 0 Å². The lowest BCUT2D eigenvalue weighted by atomic mass is 10.2. The van der Waals surface area contributed by atoms with Crippen molar-refractivity contribution in [3.05, 3.63) is 42.9 Å². The van der Waals surface area contributed by atoms with E-state index in [2.05, 4.69) is 15.5 Å². The molecule has 0 fully saturated rings. The van der Waals surface area contributed by atoms with E-state index in [4.69, 9.17) is 0 Å². The number of aromatic nitrogens is 4. The second kappa shape index (κ2) is 4.56. The zero-order valence-corrected chi connectivity index (χ0v) is 10.4. The molecule has 6 heteroatoms. The van der Waals surface area contributed by atoms with Crippen LogP contribution in [0.1, 0.15) is 0 Å². The van der Waals surface area contributed by atoms with E-state index in [1.165, 1.54) is 0 Å². The van der Waals surface area contributed by atoms with Crippen LogP contribution in [-0.4, -0.2) is 32.3 Å². The third-order valence-corrected chi connectivity index (χ3v) is 2.93. The molecule has 3 heterocycles. The summed E-state index contributed by atoms with van der Waals surface area (Å²) in [7, 11) is 1.61. The molecular weight excluding hydrogens is 242 g/mol. The molecule has 3 aromatic heterocycles. The van der Waals surface area contributed by atoms with E-state index in [9.17, 15) is 4.79 Å². The highest BCUT2D eigenvalue weighted by atomic mass is 16.1. The quantitative estimate of drug-likeness (QED) is 0.757. The molecule has 3 rings (SSSR count). The van der Waals surface area contributed by atoms with Crippen LogP contribution in [0.15, 0.2) is 42.9 Å². The van der Waals surface area contributed by atoms with Crippen LogP contribution in [0.25, 0.3) is 16.8 Å². The van der Waals surface area contributed by atoms with E-state index < -0.39 is 0 Å². The molecule has 0 saturated carbocycles. The van der Waals surface area contributed by atoms with E-state index in [-0.39, 0.29) is 12.5 Å². The van der Waals surface area contributed by atoms with Gasteiger partial charge in [-0.2, -0.15) is 10.2 Å². The molecule has 6 nitrogen and oxygen atoms in total. The van der Waals surface area contributed by atoms with Crippen LogP contribution in [0, 0.1) is 0 Å². The van der Waals surface area contributed by atoms with Crippen LogP contribution in [0.5, 0.6) is 0 Å². The van der Waals surface area contributed by atoms with Gasteiger partial charge in [-0.1, -0.05) is 6.07 Å². The second-order valence-electron chi connectivity index (χ2n) is 4.18. The van der Waals surface area contributed by atoms with Gasteiger partial charge in [0.15, 0.2) is 0 Å². The summed E-state index contributed by atoms with van der Waals surface area (Å²) in [6.07, 6.45) is 5.33. The molecule has 0 radical (unpaired) electrons. The molecule has 0 aliphatic rings. The summed E-state index contributed by atoms with van der Waals surface area (Å²) in [4.78, 5) is 11.3. The largest absolute Gasteiger partial charge is 0.358 e. The predicted molar refractivity (Wildman–Crippen MR) is 70.5 cm³/mol. The smallest absolute Gasteiger partial charge is 0.241 e. The maximum Gasteiger partial charge on any atom is 0.241 e. The van der Waals surface area contributed by atoms with Gasteiger partial charge in [0.2, 0.25) is 5.91 Å². The molecule has 0 unspecified atom stereocenters. The van der Waals surface area contributed by atoms with Gasteiger partial charge in [0.1, 0.15) is 6.54 Å². The number of carbonyl (C=O) groups excluding carboxylic acids is 1. The molecule has 0 bridgehead atoms. The summed E-state index contributed by atoms with van der Waals surface area (Å²) in [5, 5.41) is 11.0. The Morgan fingerprint density at radius 1 is 1.32 bits per heavy atom. The summed E-state index contributed by atoms with van der Waals surface area (Å²) >= 11 is 0. The first-order valence-electron chi connectivity index (χ1n) is 5.94. The first-order valence-corrected chi connectivity index (χ1v) is 5.94. The van der Waals surface area contributed by atoms with Gasteiger partial charge in [-0.3, -0.25) is 9.48 Å². The lowest BCUT2D eigenvalue weighted by molar-refractivity contribution is -0.121. The number of nitrogens with zero attached hydrogens (tertiary/aromatic N) is 4. The number of carbonyl (C=O) groups is 1. The van der Waals surface area contributed by atoms with Crippen LogP contribution >= 0.6 is 0 Å². The number of amides is 1. The molecular formula is C13H13N5O. The molecule has 0 atom stereocenters. The second-order valence-corrected chi connectivity index (χ2v) is 4.18. The van der Waals surface area contributed by atoms with E-state index in [1.807, 2.05) is 35.0 Å². The molecule has 0 aliphatic carbocycles. The van der Waals surface area contributed by atoms with E-state index in [1.54, 1.807) is 24.1 Å². The SMILES string of the molecule is CNC(=O)Cn1cc(-c2cccc3ccnn23)cn1. The van der Waals surface area contributed by atoms with Gasteiger partial charge in [0.05, 0.1) is 23.6 Å². The van der Waals surface area contributed by atoms with Crippen molar-refractivity contribution in [2.75, 3.05) is 7.05 Å². The summed E-state index contributed by atoms with van der Waals surface area (Å²) < 4.78 is 3.46. The number of pyridine rings is 1. The molecule has 1 N–H and O–H groups in total. The van der Waals surface area contributed by atoms with Crippen LogP contribution in [0.3, 0.4) is 0 Å². The summed E-state index contributed by atoms with van der Waals surface area (Å²) in [6, 6.07) is 7.88. The van der Waals surface area contributed by atoms with Crippen molar-refractivity contribution in [3.8, 4) is 11.3 Å². The highest BCUT2D eigenvalue weighted by molar-refractivity contribution is 5.75. The Morgan fingerprint density at radius 2 is 2.21 bits per heavy atom. The highest BCUT2D eigenvalue weighted by Gasteiger charge is 2.08. The number of fused-ring (bicyclic) bond motifs is 1. The maximum absolute atomic E-state index is 11.3. The first-order chi connectivity index (χ1) is 9.28. The number of nitrogens with one attached hydrogen (secondary N) is 1. The normalized spacial score (nSPS) is 10.8. The third-order valence-electron chi connectivity index (χ3n) is 2.93. The van der Waals surface area contributed by atoms with Crippen LogP contribution < -0.4 is 5.32 Å². The molecule has 0 aliphatic heterocycles. The lowest BCUT2D eigenvalue weighted by Gasteiger charge is -2.02. The van der Waals surface area contributed by atoms with E-state index in [0.717, 1.165) is 16.8 Å². The maximum atomic E-state index is 11.3. The first kappa shape index (κ1) is 11.5. The number of hydrogen-bond acceptors (Lipinski definition) is 3. The van der Waals surface area contributed by atoms with Crippen molar-refractivity contribution in [1.29, 1.82) is 0 Å². The standard InChI is InChI=1S/C13H13N5O/c1-14-13(19)9-17-8-10(7-16-17)12-4-2-3-11-5-6-15-18(11)12/h2-8H,9H2,1H3,(H,14,19). The fourth-order valence-electron chi connectivity index (χ4n) is 1.98. The Kier molecular flexibility index (Phi) is 2.75. The minimum absolute atomic E-state index is 0.0769. The zero-order chi connectivity index (χ0) is 13.2. The molecule has 0 spiro atoms. The molecule has 0 saturated heterocycles. The van der Waals surface area contributed by atoms with Gasteiger partial charge in [-0.15, -0.1) is 0 Å². The monoisotopic (exact) mass is 255 g/mol. The van der Waals surface area contributed by atoms with Gasteiger partial charge >= 0.3 is 0 Å². The summed E-state index contributed by atoms with van der Waals surface area (Å²) in [6.45, 7) is 0.214. The van der Waals surface area contributed by atoms with Crippen molar-refractivity contribution >= 4 is 11.4 Å². The van der Waals surface area contributed by atoms with Crippen molar-refractivity contribution in [2.45, 2.75) is 6.54 Å². The molecule has 0 aromatic carbocycles. The average Bonchev–Trinajstić information content (AvgIpc) is 3.06. The van der Waals surface area contributed by atoms with E-state index in [0.29, 0.717) is 0 Å². The van der Waals surface area contributed by atoms with Crippen molar-refractivity contribution in [3.63, 3.8) is 0 Å². The molecule has 19 heavy (non-hydrogen) atoms. The van der Waals surface area contributed by atoms with Gasteiger partial charge in [-0.25, -0.2) is 4.52 Å². The lowest BCUT2D eigenvalue weighted by Crippen LogP contribution is -2.23. The Bertz CT molecular complexity index is 727. The summed E-state index contributed by atoms with van der Waals surface area (Å²) in [5.41, 5.74) is 2.90. The molecule has 3 aromatic rings. The Hall–Kier alpha value is -2.63. The van der Waals surface area contributed by atoms with Crippen molar-refractivity contribution < 1.29 is 4.79 Å². The zero-order valence-electron chi connectivity index (χ0n) is 10.4. The third kappa shape index (κ3) is 2.08. The number of hydrogen-bond donors (Lipinski definition) is 1. The minimum Gasteiger partial charge on any atom is -0.358 e. The fraction of sp³-hybridized carbons (Fsp3) is 0.154.